The molecule has 0 aromatic heterocycles. The smallest absolute Gasteiger partial charge is 0.346 e. The van der Waals surface area contributed by atoms with Gasteiger partial charge in [-0.15, -0.1) is 11.8 Å². The molecule has 6 heteroatoms. The standard InChI is InChI=1S/C11H16O5S.C2H6/c1-4-9(12)14-5-10(13)16-11-6-17-8(3)7(2)15-11;1-2/h4,7-8,11H,1,5-6H2,2-3H3;1-2H3. The molecule has 0 aliphatic carbocycles. The summed E-state index contributed by atoms with van der Waals surface area (Å²) in [6, 6.07) is 0. The van der Waals surface area contributed by atoms with Gasteiger partial charge in [-0.05, 0) is 6.92 Å². The molecular weight excluding hydrogens is 268 g/mol. The van der Waals surface area contributed by atoms with Crippen LogP contribution in [-0.4, -0.2) is 41.9 Å². The van der Waals surface area contributed by atoms with Crippen LogP contribution in [0.1, 0.15) is 27.7 Å². The Bertz CT molecular complexity index is 305. The Morgan fingerprint density at radius 1 is 1.42 bits per heavy atom. The number of thioether (sulfide) groups is 1. The Labute approximate surface area is 118 Å². The van der Waals surface area contributed by atoms with E-state index in [1.54, 1.807) is 11.8 Å². The first-order valence-corrected chi connectivity index (χ1v) is 7.33. The first-order chi connectivity index (χ1) is 9.02. The summed E-state index contributed by atoms with van der Waals surface area (Å²) in [5.41, 5.74) is 0. The molecule has 0 amide bonds. The van der Waals surface area contributed by atoms with Crippen LogP contribution in [0, 0.1) is 0 Å². The summed E-state index contributed by atoms with van der Waals surface area (Å²) < 4.78 is 15.0. The summed E-state index contributed by atoms with van der Waals surface area (Å²) in [4.78, 5) is 22.0. The van der Waals surface area contributed by atoms with Crippen molar-refractivity contribution in [1.82, 2.24) is 0 Å². The molecule has 1 fully saturated rings. The van der Waals surface area contributed by atoms with Crippen LogP contribution in [0.15, 0.2) is 12.7 Å². The summed E-state index contributed by atoms with van der Waals surface area (Å²) in [7, 11) is 0. The van der Waals surface area contributed by atoms with Crippen LogP contribution >= 0.6 is 11.8 Å². The van der Waals surface area contributed by atoms with E-state index in [2.05, 4.69) is 18.2 Å². The van der Waals surface area contributed by atoms with Gasteiger partial charge in [0.1, 0.15) is 0 Å². The molecule has 3 atom stereocenters. The molecule has 1 aliphatic rings. The average molecular weight is 290 g/mol. The molecule has 19 heavy (non-hydrogen) atoms. The van der Waals surface area contributed by atoms with Gasteiger partial charge in [-0.25, -0.2) is 9.59 Å². The molecule has 1 aliphatic heterocycles. The lowest BCUT2D eigenvalue weighted by atomic mass is 10.3. The van der Waals surface area contributed by atoms with E-state index in [4.69, 9.17) is 9.47 Å². The van der Waals surface area contributed by atoms with Crippen molar-refractivity contribution in [3.63, 3.8) is 0 Å². The molecule has 1 rings (SSSR count). The molecule has 0 radical (unpaired) electrons. The quantitative estimate of drug-likeness (QED) is 0.584. The fourth-order valence-electron chi connectivity index (χ4n) is 1.19. The second-order valence-electron chi connectivity index (χ2n) is 3.61. The Morgan fingerprint density at radius 2 is 2.05 bits per heavy atom. The summed E-state index contributed by atoms with van der Waals surface area (Å²) in [6.07, 6.45) is 0.452. The summed E-state index contributed by atoms with van der Waals surface area (Å²) in [5.74, 6) is -0.678. The highest BCUT2D eigenvalue weighted by molar-refractivity contribution is 8.00. The number of carbonyl (C=O) groups is 2. The lowest BCUT2D eigenvalue weighted by Gasteiger charge is -2.31. The molecule has 0 aromatic carbocycles. The SMILES string of the molecule is C=CC(=O)OCC(=O)OC1CSC(C)C(C)O1.CC. The topological polar surface area (TPSA) is 61.8 Å². The fraction of sp³-hybridized carbons (Fsp3) is 0.692. The summed E-state index contributed by atoms with van der Waals surface area (Å²) in [6.45, 7) is 10.8. The largest absolute Gasteiger partial charge is 0.451 e. The highest BCUT2D eigenvalue weighted by Gasteiger charge is 2.28. The van der Waals surface area contributed by atoms with Gasteiger partial charge in [0.2, 0.25) is 6.29 Å². The van der Waals surface area contributed by atoms with Crippen molar-refractivity contribution < 1.29 is 23.8 Å². The van der Waals surface area contributed by atoms with E-state index in [0.29, 0.717) is 11.0 Å². The molecule has 0 spiro atoms. The molecule has 1 saturated heterocycles. The van der Waals surface area contributed by atoms with Gasteiger partial charge in [0.05, 0.1) is 11.9 Å². The number of rotatable bonds is 4. The zero-order valence-electron chi connectivity index (χ0n) is 11.9. The minimum Gasteiger partial charge on any atom is -0.451 e. The van der Waals surface area contributed by atoms with Crippen molar-refractivity contribution >= 4 is 23.7 Å². The van der Waals surface area contributed by atoms with Gasteiger partial charge in [0.25, 0.3) is 0 Å². The van der Waals surface area contributed by atoms with E-state index in [0.717, 1.165) is 6.08 Å². The van der Waals surface area contributed by atoms with Crippen molar-refractivity contribution in [1.29, 1.82) is 0 Å². The average Bonchev–Trinajstić information content (AvgIpc) is 2.42. The van der Waals surface area contributed by atoms with Gasteiger partial charge in [0, 0.05) is 11.3 Å². The highest BCUT2D eigenvalue weighted by Crippen LogP contribution is 2.25. The van der Waals surface area contributed by atoms with Crippen LogP contribution in [-0.2, 0) is 23.8 Å². The van der Waals surface area contributed by atoms with Crippen molar-refractivity contribution in [2.45, 2.75) is 45.3 Å². The third-order valence-corrected chi connectivity index (χ3v) is 3.66. The van der Waals surface area contributed by atoms with Gasteiger partial charge in [-0.1, -0.05) is 27.4 Å². The third kappa shape index (κ3) is 7.22. The number of hydrogen-bond acceptors (Lipinski definition) is 6. The molecule has 1 heterocycles. The lowest BCUT2D eigenvalue weighted by Crippen LogP contribution is -2.38. The molecule has 3 unspecified atom stereocenters. The van der Waals surface area contributed by atoms with Crippen LogP contribution in [0.3, 0.4) is 0 Å². The normalized spacial score (nSPS) is 25.6. The molecule has 0 saturated carbocycles. The maximum absolute atomic E-state index is 11.3. The molecule has 110 valence electrons. The Hall–Kier alpha value is -1.01. The molecule has 5 nitrogen and oxygen atoms in total. The van der Waals surface area contributed by atoms with Crippen molar-refractivity contribution in [3.8, 4) is 0 Å². The second kappa shape index (κ2) is 9.86. The van der Waals surface area contributed by atoms with E-state index >= 15 is 0 Å². The predicted octanol–water partition coefficient (Wildman–Crippen LogP) is 2.15. The van der Waals surface area contributed by atoms with Crippen LogP contribution in [0.2, 0.25) is 0 Å². The molecule has 0 aromatic rings. The van der Waals surface area contributed by atoms with E-state index < -0.39 is 24.8 Å². The van der Waals surface area contributed by atoms with E-state index in [1.807, 2.05) is 20.8 Å². The minimum absolute atomic E-state index is 0.0299. The molecular formula is C13H22O5S. The first-order valence-electron chi connectivity index (χ1n) is 6.28. The lowest BCUT2D eigenvalue weighted by molar-refractivity contribution is -0.188. The van der Waals surface area contributed by atoms with Gasteiger partial charge in [-0.2, -0.15) is 0 Å². The van der Waals surface area contributed by atoms with Crippen molar-refractivity contribution in [2.75, 3.05) is 12.4 Å². The van der Waals surface area contributed by atoms with E-state index in [9.17, 15) is 9.59 Å². The van der Waals surface area contributed by atoms with Crippen LogP contribution in [0.5, 0.6) is 0 Å². The Kier molecular flexibility index (Phi) is 9.34. The van der Waals surface area contributed by atoms with Crippen LogP contribution in [0.25, 0.3) is 0 Å². The van der Waals surface area contributed by atoms with Crippen LogP contribution < -0.4 is 0 Å². The second-order valence-corrected chi connectivity index (χ2v) is 5.02. The highest BCUT2D eigenvalue weighted by atomic mass is 32.2. The van der Waals surface area contributed by atoms with E-state index in [-0.39, 0.29) is 6.10 Å². The number of esters is 2. The molecule has 0 N–H and O–H groups in total. The fourth-order valence-corrected chi connectivity index (χ4v) is 2.13. The Balaban J connectivity index is 0.00000154. The maximum Gasteiger partial charge on any atom is 0.346 e. The van der Waals surface area contributed by atoms with Gasteiger partial charge >= 0.3 is 11.9 Å². The van der Waals surface area contributed by atoms with Gasteiger partial charge < -0.3 is 14.2 Å². The number of ether oxygens (including phenoxy) is 3. The van der Waals surface area contributed by atoms with Gasteiger partial charge in [0.15, 0.2) is 6.61 Å². The summed E-state index contributed by atoms with van der Waals surface area (Å²) >= 11 is 1.68. The van der Waals surface area contributed by atoms with Crippen LogP contribution in [0.4, 0.5) is 0 Å². The number of hydrogen-bond donors (Lipinski definition) is 0. The zero-order valence-corrected chi connectivity index (χ0v) is 12.7. The Morgan fingerprint density at radius 3 is 2.58 bits per heavy atom. The van der Waals surface area contributed by atoms with Gasteiger partial charge in [-0.3, -0.25) is 0 Å². The van der Waals surface area contributed by atoms with Crippen molar-refractivity contribution in [3.05, 3.63) is 12.7 Å². The first kappa shape index (κ1) is 18.0. The maximum atomic E-state index is 11.3. The third-order valence-electron chi connectivity index (χ3n) is 2.28. The summed E-state index contributed by atoms with van der Waals surface area (Å²) in [5, 5.41) is 0.378. The monoisotopic (exact) mass is 290 g/mol. The number of carbonyl (C=O) groups excluding carboxylic acids is 2. The minimum atomic E-state index is -0.650. The predicted molar refractivity (Wildman–Crippen MR) is 74.9 cm³/mol. The van der Waals surface area contributed by atoms with Crippen molar-refractivity contribution in [2.24, 2.45) is 0 Å². The van der Waals surface area contributed by atoms with E-state index in [1.165, 1.54) is 0 Å². The molecule has 0 bridgehead atoms. The zero-order chi connectivity index (χ0) is 14.8.